The van der Waals surface area contributed by atoms with Crippen molar-refractivity contribution in [2.75, 3.05) is 6.54 Å². The monoisotopic (exact) mass is 796 g/mol. The Morgan fingerprint density at radius 1 is 0.877 bits per heavy atom. The summed E-state index contributed by atoms with van der Waals surface area (Å²) in [6.45, 7) is 15.0. The quantitative estimate of drug-likeness (QED) is 0.123. The van der Waals surface area contributed by atoms with E-state index in [0.717, 1.165) is 22.3 Å². The lowest BCUT2D eigenvalue weighted by atomic mass is 9.77. The Morgan fingerprint density at radius 3 is 2.02 bits per heavy atom. The van der Waals surface area contributed by atoms with Gasteiger partial charge in [0.15, 0.2) is 5.78 Å². The van der Waals surface area contributed by atoms with Crippen LogP contribution in [0, 0.1) is 22.7 Å². The molecule has 0 unspecified atom stereocenters. The third-order valence-corrected chi connectivity index (χ3v) is 13.4. The molecule has 1 heterocycles. The van der Waals surface area contributed by atoms with Crippen molar-refractivity contribution in [3.63, 3.8) is 0 Å². The lowest BCUT2D eigenvalue weighted by molar-refractivity contribution is -0.161. The highest BCUT2D eigenvalue weighted by molar-refractivity contribution is 7.90. The molecule has 0 aromatic heterocycles. The second-order valence-electron chi connectivity index (χ2n) is 18.1. The zero-order valence-electron chi connectivity index (χ0n) is 34.0. The van der Waals surface area contributed by atoms with Crippen LogP contribution in [0.2, 0.25) is 0 Å². The number of amides is 2. The summed E-state index contributed by atoms with van der Waals surface area (Å²) in [6.07, 6.45) is 2.39. The molecule has 1 aliphatic heterocycles. The number of carbonyl (C=O) groups is 4. The molecule has 10 nitrogen and oxygen atoms in total. The number of benzene rings is 3. The van der Waals surface area contributed by atoms with Crippen LogP contribution >= 0.6 is 0 Å². The van der Waals surface area contributed by atoms with E-state index in [1.807, 2.05) is 106 Å². The number of ether oxygens (including phenoxy) is 2. The van der Waals surface area contributed by atoms with E-state index in [1.54, 1.807) is 26.8 Å². The smallest absolute Gasteiger partial charge is 0.307 e. The van der Waals surface area contributed by atoms with Gasteiger partial charge in [0.25, 0.3) is 0 Å². The molecule has 304 valence electrons. The fraction of sp³-hybridized carbons (Fsp3) is 0.478. The molecule has 3 aromatic carbocycles. The first kappa shape index (κ1) is 42.0. The first-order chi connectivity index (χ1) is 26.8. The molecule has 3 aliphatic rings. The van der Waals surface area contributed by atoms with Gasteiger partial charge in [-0.05, 0) is 73.6 Å². The van der Waals surface area contributed by atoms with E-state index in [9.17, 15) is 22.8 Å². The van der Waals surface area contributed by atoms with Crippen LogP contribution in [-0.4, -0.2) is 60.3 Å². The average Bonchev–Trinajstić information content (AvgIpc) is 4.09. The van der Waals surface area contributed by atoms with Crippen LogP contribution in [0.25, 0.3) is 11.1 Å². The fourth-order valence-corrected chi connectivity index (χ4v) is 9.39. The molecule has 6 rings (SSSR count). The van der Waals surface area contributed by atoms with Gasteiger partial charge in [-0.25, -0.2) is 8.42 Å². The summed E-state index contributed by atoms with van der Waals surface area (Å²) in [4.78, 5) is 58.6. The minimum atomic E-state index is -3.88. The van der Waals surface area contributed by atoms with Gasteiger partial charge in [-0.2, -0.15) is 0 Å². The van der Waals surface area contributed by atoms with E-state index in [-0.39, 0.29) is 44.6 Å². The van der Waals surface area contributed by atoms with Crippen molar-refractivity contribution in [2.45, 2.75) is 109 Å². The van der Waals surface area contributed by atoms with E-state index in [1.165, 1.54) is 4.90 Å². The van der Waals surface area contributed by atoms with Gasteiger partial charge >= 0.3 is 5.97 Å². The molecular formula is C46H56N2O8S. The molecule has 1 N–H and O–H groups in total. The Labute approximate surface area is 337 Å². The lowest BCUT2D eigenvalue weighted by Crippen LogP contribution is -2.49. The highest BCUT2D eigenvalue weighted by Gasteiger charge is 2.62. The van der Waals surface area contributed by atoms with Gasteiger partial charge in [-0.15, -0.1) is 6.58 Å². The Bertz CT molecular complexity index is 2090. The summed E-state index contributed by atoms with van der Waals surface area (Å²) in [6, 6.07) is 26.5. The standard InChI is InChI=1S/C46H56N2O8S/c1-8-34-26-45(34,42(52)47-57(53,54)36-23-24-36)28-39(49)38-27-46(55-29-31-15-11-9-12-16-31,35-21-19-33(20-22-35)32-17-13-10-14-18-32)30-48(38)41(51)37(43(2,3)4)25-40(50)56-44(5,6)7/h8-22,34,36-38H,1,23-30H2,2-7H3,(H,47,52)/t34-,37-,38+,45-,46+/m1/s1. The second-order valence-corrected chi connectivity index (χ2v) is 20.1. The number of sulfonamides is 1. The van der Waals surface area contributed by atoms with Crippen LogP contribution in [0.15, 0.2) is 97.6 Å². The third kappa shape index (κ3) is 9.58. The van der Waals surface area contributed by atoms with E-state index in [0.29, 0.717) is 12.8 Å². The number of rotatable bonds is 15. The van der Waals surface area contributed by atoms with Gasteiger partial charge in [0, 0.05) is 12.8 Å². The molecule has 1 saturated heterocycles. The van der Waals surface area contributed by atoms with Crippen molar-refractivity contribution in [1.82, 2.24) is 9.62 Å². The molecule has 2 amide bonds. The summed E-state index contributed by atoms with van der Waals surface area (Å²) in [5.41, 5.74) is -0.272. The zero-order valence-corrected chi connectivity index (χ0v) is 34.8. The highest BCUT2D eigenvalue weighted by atomic mass is 32.2. The number of likely N-dealkylation sites (tertiary alicyclic amines) is 1. The topological polar surface area (TPSA) is 136 Å². The zero-order chi connectivity index (χ0) is 41.4. The Morgan fingerprint density at radius 2 is 1.47 bits per heavy atom. The number of hydrogen-bond acceptors (Lipinski definition) is 8. The molecule has 2 saturated carbocycles. The fourth-order valence-electron chi connectivity index (χ4n) is 8.00. The van der Waals surface area contributed by atoms with Gasteiger partial charge < -0.3 is 14.4 Å². The number of hydrogen-bond donors (Lipinski definition) is 1. The van der Waals surface area contributed by atoms with Gasteiger partial charge in [-0.3, -0.25) is 23.9 Å². The molecule has 0 radical (unpaired) electrons. The molecule has 3 fully saturated rings. The van der Waals surface area contributed by atoms with Crippen LogP contribution in [0.1, 0.15) is 91.2 Å². The summed E-state index contributed by atoms with van der Waals surface area (Å²) >= 11 is 0. The summed E-state index contributed by atoms with van der Waals surface area (Å²) in [5, 5.41) is -0.618. The number of nitrogens with zero attached hydrogens (tertiary/aromatic N) is 1. The maximum Gasteiger partial charge on any atom is 0.307 e. The molecule has 0 bridgehead atoms. The highest BCUT2D eigenvalue weighted by Crippen LogP contribution is 2.57. The maximum atomic E-state index is 15.1. The normalized spacial score (nSPS) is 24.0. The number of ketones is 1. The molecule has 0 spiro atoms. The van der Waals surface area contributed by atoms with Gasteiger partial charge in [0.1, 0.15) is 11.2 Å². The van der Waals surface area contributed by atoms with Crippen LogP contribution in [0.5, 0.6) is 0 Å². The van der Waals surface area contributed by atoms with Crippen LogP contribution in [0.4, 0.5) is 0 Å². The molecule has 57 heavy (non-hydrogen) atoms. The predicted molar refractivity (Wildman–Crippen MR) is 219 cm³/mol. The summed E-state index contributed by atoms with van der Waals surface area (Å²) in [7, 11) is -3.88. The number of nitrogens with one attached hydrogen (secondary N) is 1. The van der Waals surface area contributed by atoms with E-state index < -0.39 is 73.0 Å². The first-order valence-electron chi connectivity index (χ1n) is 19.8. The van der Waals surface area contributed by atoms with Gasteiger partial charge in [0.2, 0.25) is 21.8 Å². The Hall–Kier alpha value is -4.61. The minimum absolute atomic E-state index is 0.000792. The van der Waals surface area contributed by atoms with Crippen molar-refractivity contribution in [1.29, 1.82) is 0 Å². The van der Waals surface area contributed by atoms with Gasteiger partial charge in [-0.1, -0.05) is 112 Å². The largest absolute Gasteiger partial charge is 0.460 e. The van der Waals surface area contributed by atoms with E-state index in [4.69, 9.17) is 9.47 Å². The summed E-state index contributed by atoms with van der Waals surface area (Å²) in [5.74, 6) is -3.31. The van der Waals surface area contributed by atoms with E-state index >= 15 is 4.79 Å². The number of allylic oxidation sites excluding steroid dienone is 1. The van der Waals surface area contributed by atoms with Crippen molar-refractivity contribution < 1.29 is 37.1 Å². The van der Waals surface area contributed by atoms with Crippen LogP contribution in [-0.2, 0) is 50.9 Å². The first-order valence-corrected chi connectivity index (χ1v) is 21.4. The van der Waals surface area contributed by atoms with Gasteiger partial charge in [0.05, 0.1) is 42.2 Å². The third-order valence-electron chi connectivity index (χ3n) is 11.5. The predicted octanol–water partition coefficient (Wildman–Crippen LogP) is 7.52. The molecular weight excluding hydrogens is 741 g/mol. The number of carbonyl (C=O) groups excluding carboxylic acids is 4. The molecule has 3 aromatic rings. The lowest BCUT2D eigenvalue weighted by Gasteiger charge is -2.36. The van der Waals surface area contributed by atoms with Crippen molar-refractivity contribution in [2.24, 2.45) is 22.7 Å². The maximum absolute atomic E-state index is 15.1. The molecule has 2 aliphatic carbocycles. The van der Waals surface area contributed by atoms with Crippen molar-refractivity contribution >= 4 is 33.6 Å². The van der Waals surface area contributed by atoms with Crippen LogP contribution in [0.3, 0.4) is 0 Å². The average molecular weight is 797 g/mol. The molecule has 11 heteroatoms. The van der Waals surface area contributed by atoms with Crippen molar-refractivity contribution in [3.05, 3.63) is 109 Å². The molecule has 5 atom stereocenters. The van der Waals surface area contributed by atoms with E-state index in [2.05, 4.69) is 11.3 Å². The Balaban J connectivity index is 1.40. The SMILES string of the molecule is C=C[C@@H]1C[C@]1(CC(=O)[C@@H]1C[C@@](OCc2ccccc2)(c2ccc(-c3ccccc3)cc2)CN1C(=O)[C@@H](CC(=O)OC(C)(C)C)C(C)(C)C)C(=O)NS(=O)(=O)C1CC1. The number of esters is 1. The second kappa shape index (κ2) is 16.0. The Kier molecular flexibility index (Phi) is 11.8. The minimum Gasteiger partial charge on any atom is -0.460 e. The van der Waals surface area contributed by atoms with Crippen molar-refractivity contribution in [3.8, 4) is 11.1 Å². The summed E-state index contributed by atoms with van der Waals surface area (Å²) < 4.78 is 40.6. The number of Topliss-reactive ketones (excluding diaryl/α,β-unsaturated/α-hetero) is 1. The van der Waals surface area contributed by atoms with Crippen LogP contribution < -0.4 is 4.72 Å².